The van der Waals surface area contributed by atoms with Crippen molar-refractivity contribution >= 4 is 54.9 Å². The number of nitrogens with zero attached hydrogens (tertiary/aromatic N) is 4. The number of hydrogen-bond acceptors (Lipinski definition) is 3. The zero-order valence-corrected chi connectivity index (χ0v) is 37.1. The van der Waals surface area contributed by atoms with Crippen LogP contribution in [0.5, 0.6) is 0 Å². The van der Waals surface area contributed by atoms with E-state index in [0.29, 0.717) is 0 Å². The zero-order chi connectivity index (χ0) is 44.3. The van der Waals surface area contributed by atoms with Gasteiger partial charge in [-0.15, -0.1) is 10.2 Å². The zero-order valence-electron chi connectivity index (χ0n) is 36.3. The van der Waals surface area contributed by atoms with Gasteiger partial charge in [0.1, 0.15) is 10.0 Å². The van der Waals surface area contributed by atoms with Crippen LogP contribution in [0, 0.1) is 0 Å². The fourth-order valence-corrected chi connectivity index (χ4v) is 10.8. The Morgan fingerprint density at radius 2 is 0.687 bits per heavy atom. The van der Waals surface area contributed by atoms with Crippen LogP contribution in [0.15, 0.2) is 243 Å². The third kappa shape index (κ3) is 6.75. The van der Waals surface area contributed by atoms with E-state index in [1.165, 1.54) is 66.1 Å². The molecular formula is C62H40N4S. The summed E-state index contributed by atoms with van der Waals surface area (Å²) < 4.78 is 4.82. The van der Waals surface area contributed by atoms with E-state index in [9.17, 15) is 0 Å². The van der Waals surface area contributed by atoms with Crippen LogP contribution in [0.1, 0.15) is 0 Å². The van der Waals surface area contributed by atoms with Gasteiger partial charge in [0.25, 0.3) is 0 Å². The molecule has 4 nitrogen and oxygen atoms in total. The summed E-state index contributed by atoms with van der Waals surface area (Å²) in [5, 5.41) is 16.3. The highest BCUT2D eigenvalue weighted by atomic mass is 32.1. The van der Waals surface area contributed by atoms with Gasteiger partial charge in [-0.1, -0.05) is 181 Å². The molecule has 0 fully saturated rings. The normalized spacial score (nSPS) is 11.6. The Bertz CT molecular complexity index is 3850. The molecule has 3 aromatic heterocycles. The molecule has 0 saturated carbocycles. The Morgan fingerprint density at radius 1 is 0.269 bits per heavy atom. The molecule has 10 aromatic carbocycles. The first-order chi connectivity index (χ1) is 33.2. The van der Waals surface area contributed by atoms with Gasteiger partial charge in [-0.3, -0.25) is 0 Å². The summed E-state index contributed by atoms with van der Waals surface area (Å²) in [5.41, 5.74) is 18.3. The van der Waals surface area contributed by atoms with Gasteiger partial charge in [-0.25, -0.2) is 0 Å². The minimum Gasteiger partial charge on any atom is -0.309 e. The van der Waals surface area contributed by atoms with Crippen molar-refractivity contribution in [3.05, 3.63) is 243 Å². The number of rotatable bonds is 8. The monoisotopic (exact) mass is 872 g/mol. The Balaban J connectivity index is 0.940. The highest BCUT2D eigenvalue weighted by molar-refractivity contribution is 7.18. The van der Waals surface area contributed by atoms with Crippen molar-refractivity contribution in [1.29, 1.82) is 0 Å². The number of aromatic nitrogens is 4. The maximum atomic E-state index is 4.94. The van der Waals surface area contributed by atoms with E-state index < -0.39 is 0 Å². The van der Waals surface area contributed by atoms with Crippen molar-refractivity contribution in [1.82, 2.24) is 19.3 Å². The van der Waals surface area contributed by atoms with Gasteiger partial charge < -0.3 is 9.13 Å². The fourth-order valence-electron chi connectivity index (χ4n) is 9.98. The predicted molar refractivity (Wildman–Crippen MR) is 281 cm³/mol. The second-order valence-corrected chi connectivity index (χ2v) is 18.0. The van der Waals surface area contributed by atoms with E-state index in [1.54, 1.807) is 11.3 Å². The van der Waals surface area contributed by atoms with E-state index >= 15 is 0 Å². The Kier molecular flexibility index (Phi) is 9.32. The Hall–Kier alpha value is -8.64. The van der Waals surface area contributed by atoms with Crippen LogP contribution >= 0.6 is 11.3 Å². The third-order valence-electron chi connectivity index (χ3n) is 13.1. The van der Waals surface area contributed by atoms with Crippen LogP contribution in [0.4, 0.5) is 0 Å². The van der Waals surface area contributed by atoms with Gasteiger partial charge in [-0.2, -0.15) is 0 Å². The topological polar surface area (TPSA) is 35.6 Å². The molecule has 67 heavy (non-hydrogen) atoms. The van der Waals surface area contributed by atoms with E-state index in [2.05, 4.69) is 252 Å². The molecular weight excluding hydrogens is 833 g/mol. The maximum Gasteiger partial charge on any atom is 0.148 e. The standard InChI is InChI=1S/C62H40N4S/c1-5-18-41(19-6-1)46-34-47(42-20-7-2-8-21-42)37-50(36-46)65-56-29-15-13-26-52(56)55-40-45(32-33-58(55)65)61-63-64-62(67-61)54-28-17-31-59-60(54)53-27-14-16-30-57(53)66(59)51-38-48(43-22-9-3-10-23-43)35-49(39-51)44-24-11-4-12-25-44/h1-40H. The van der Waals surface area contributed by atoms with Crippen LogP contribution in [0.2, 0.25) is 0 Å². The molecule has 13 rings (SSSR count). The molecule has 3 heterocycles. The quantitative estimate of drug-likeness (QED) is 0.152. The molecule has 0 bridgehead atoms. The smallest absolute Gasteiger partial charge is 0.148 e. The largest absolute Gasteiger partial charge is 0.309 e. The molecule has 0 saturated heterocycles. The van der Waals surface area contributed by atoms with Crippen molar-refractivity contribution in [2.45, 2.75) is 0 Å². The van der Waals surface area contributed by atoms with E-state index in [-0.39, 0.29) is 0 Å². The summed E-state index contributed by atoms with van der Waals surface area (Å²) in [6.07, 6.45) is 0. The highest BCUT2D eigenvalue weighted by Crippen LogP contribution is 2.43. The summed E-state index contributed by atoms with van der Waals surface area (Å²) >= 11 is 1.64. The molecule has 13 aromatic rings. The van der Waals surface area contributed by atoms with Crippen LogP contribution in [0.3, 0.4) is 0 Å². The average Bonchev–Trinajstić information content (AvgIpc) is 4.13. The Morgan fingerprint density at radius 3 is 1.22 bits per heavy atom. The number of para-hydroxylation sites is 2. The molecule has 0 radical (unpaired) electrons. The summed E-state index contributed by atoms with van der Waals surface area (Å²) in [5.74, 6) is 0. The van der Waals surface area contributed by atoms with E-state index in [4.69, 9.17) is 10.2 Å². The van der Waals surface area contributed by atoms with Gasteiger partial charge >= 0.3 is 0 Å². The SMILES string of the molecule is c1ccc(-c2cc(-c3ccccc3)cc(-n3c4ccccc4c4cc(-c5nnc(-c6cccc7c6c6ccccc6n7-c6cc(-c7ccccc7)cc(-c7ccccc7)c6)s5)ccc43)c2)cc1. The van der Waals surface area contributed by atoms with Crippen molar-refractivity contribution in [3.63, 3.8) is 0 Å². The van der Waals surface area contributed by atoms with Gasteiger partial charge in [0.2, 0.25) is 0 Å². The summed E-state index contributed by atoms with van der Waals surface area (Å²) in [6, 6.07) is 87.4. The summed E-state index contributed by atoms with van der Waals surface area (Å²) in [6.45, 7) is 0. The number of benzene rings is 10. The first-order valence-electron chi connectivity index (χ1n) is 22.6. The molecule has 0 N–H and O–H groups in total. The highest BCUT2D eigenvalue weighted by Gasteiger charge is 2.21. The van der Waals surface area contributed by atoms with Crippen molar-refractivity contribution in [2.75, 3.05) is 0 Å². The minimum atomic E-state index is 0.884. The molecule has 0 aliphatic rings. The first kappa shape index (κ1) is 38.8. The Labute approximate surface area is 392 Å². The molecule has 5 heteroatoms. The summed E-state index contributed by atoms with van der Waals surface area (Å²) in [4.78, 5) is 0. The summed E-state index contributed by atoms with van der Waals surface area (Å²) in [7, 11) is 0. The lowest BCUT2D eigenvalue weighted by Crippen LogP contribution is -1.96. The van der Waals surface area contributed by atoms with Crippen molar-refractivity contribution < 1.29 is 0 Å². The lowest BCUT2D eigenvalue weighted by molar-refractivity contribution is 1.10. The first-order valence-corrected chi connectivity index (χ1v) is 23.5. The van der Waals surface area contributed by atoms with Gasteiger partial charge in [0, 0.05) is 44.0 Å². The molecule has 0 atom stereocenters. The molecule has 0 amide bonds. The second kappa shape index (κ2) is 16.1. The number of fused-ring (bicyclic) bond motifs is 6. The van der Waals surface area contributed by atoms with Gasteiger partial charge in [0.05, 0.1) is 22.1 Å². The molecule has 0 spiro atoms. The molecule has 0 unspecified atom stereocenters. The van der Waals surface area contributed by atoms with Crippen molar-refractivity contribution in [2.24, 2.45) is 0 Å². The molecule has 0 aliphatic carbocycles. The van der Waals surface area contributed by atoms with E-state index in [0.717, 1.165) is 54.6 Å². The lowest BCUT2D eigenvalue weighted by Gasteiger charge is -2.14. The van der Waals surface area contributed by atoms with Crippen LogP contribution < -0.4 is 0 Å². The maximum absolute atomic E-state index is 4.94. The number of hydrogen-bond donors (Lipinski definition) is 0. The second-order valence-electron chi connectivity index (χ2n) is 17.1. The van der Waals surface area contributed by atoms with E-state index in [1.807, 2.05) is 0 Å². The fraction of sp³-hybridized carbons (Fsp3) is 0. The van der Waals surface area contributed by atoms with Crippen LogP contribution in [-0.2, 0) is 0 Å². The van der Waals surface area contributed by atoms with Crippen LogP contribution in [0.25, 0.3) is 121 Å². The van der Waals surface area contributed by atoms with Gasteiger partial charge in [-0.05, 0) is 117 Å². The van der Waals surface area contributed by atoms with Crippen LogP contribution in [-0.4, -0.2) is 19.3 Å². The predicted octanol–water partition coefficient (Wildman–Crippen LogP) is 16.7. The average molecular weight is 873 g/mol. The molecule has 0 aliphatic heterocycles. The lowest BCUT2D eigenvalue weighted by atomic mass is 9.98. The van der Waals surface area contributed by atoms with Gasteiger partial charge in [0.15, 0.2) is 0 Å². The molecule has 314 valence electrons. The minimum absolute atomic E-state index is 0.884. The van der Waals surface area contributed by atoms with Crippen molar-refractivity contribution in [3.8, 4) is 77.0 Å². The third-order valence-corrected chi connectivity index (χ3v) is 14.1.